The maximum absolute atomic E-state index is 10.9. The molecule has 1 fully saturated rings. The number of anilines is 1. The van der Waals surface area contributed by atoms with Crippen LogP contribution in [0.25, 0.3) is 21.7 Å². The Morgan fingerprint density at radius 3 is 2.28 bits per heavy atom. The smallest absolute Gasteiger partial charge is 0.269 e. The van der Waals surface area contributed by atoms with Crippen molar-refractivity contribution in [1.82, 2.24) is 4.98 Å². The van der Waals surface area contributed by atoms with E-state index in [-0.39, 0.29) is 10.6 Å². The largest absolute Gasteiger partial charge is 0.348 e. The molecule has 25 heavy (non-hydrogen) atoms. The Morgan fingerprint density at radius 2 is 1.64 bits per heavy atom. The van der Waals surface area contributed by atoms with Crippen LogP contribution in [0.3, 0.4) is 0 Å². The summed E-state index contributed by atoms with van der Waals surface area (Å²) in [6, 6.07) is 16.8. The molecule has 2 aromatic carbocycles. The Hall–Kier alpha value is -2.73. The van der Waals surface area contributed by atoms with Gasteiger partial charge in [0.2, 0.25) is 0 Å². The van der Waals surface area contributed by atoms with Crippen LogP contribution in [0.15, 0.2) is 54.6 Å². The van der Waals surface area contributed by atoms with Gasteiger partial charge >= 0.3 is 0 Å². The van der Waals surface area contributed by atoms with Crippen LogP contribution in [0.2, 0.25) is 0 Å². The number of hydrogen-bond donors (Lipinski definition) is 0. The second-order valence-electron chi connectivity index (χ2n) is 6.04. The monoisotopic (exact) mass is 351 g/mol. The molecule has 2 heterocycles. The molecule has 0 N–H and O–H groups in total. The fourth-order valence-electron chi connectivity index (χ4n) is 3.07. The minimum atomic E-state index is -0.371. The Bertz CT molecular complexity index is 885. The van der Waals surface area contributed by atoms with Crippen LogP contribution in [0.4, 0.5) is 10.8 Å². The third-order valence-corrected chi connectivity index (χ3v) is 5.55. The third-order valence-electron chi connectivity index (χ3n) is 4.38. The van der Waals surface area contributed by atoms with Gasteiger partial charge in [-0.25, -0.2) is 4.98 Å². The average molecular weight is 351 g/mol. The van der Waals surface area contributed by atoms with Gasteiger partial charge in [-0.3, -0.25) is 10.1 Å². The number of non-ortho nitro benzene ring substituents is 1. The number of benzene rings is 2. The van der Waals surface area contributed by atoms with Gasteiger partial charge in [-0.2, -0.15) is 0 Å². The first-order chi connectivity index (χ1) is 12.2. The van der Waals surface area contributed by atoms with E-state index in [0.29, 0.717) is 0 Å². The SMILES string of the molecule is O=[N+]([O-])c1ccc(-c2sc(N3CCCC3)nc2-c2ccccc2)cc1. The van der Waals surface area contributed by atoms with E-state index in [1.807, 2.05) is 30.3 Å². The molecule has 1 aliphatic rings. The van der Waals surface area contributed by atoms with Crippen molar-refractivity contribution in [3.8, 4) is 21.7 Å². The number of aromatic nitrogens is 1. The molecule has 0 amide bonds. The first kappa shape index (κ1) is 15.8. The third kappa shape index (κ3) is 3.13. The highest BCUT2D eigenvalue weighted by molar-refractivity contribution is 7.19. The van der Waals surface area contributed by atoms with Gasteiger partial charge in [-0.05, 0) is 30.5 Å². The molecular formula is C19H17N3O2S. The van der Waals surface area contributed by atoms with Gasteiger partial charge in [0.15, 0.2) is 5.13 Å². The average Bonchev–Trinajstić information content (AvgIpc) is 3.32. The van der Waals surface area contributed by atoms with Crippen molar-refractivity contribution in [2.45, 2.75) is 12.8 Å². The van der Waals surface area contributed by atoms with E-state index in [1.54, 1.807) is 23.5 Å². The van der Waals surface area contributed by atoms with Crippen molar-refractivity contribution in [2.24, 2.45) is 0 Å². The fourth-order valence-corrected chi connectivity index (χ4v) is 4.22. The topological polar surface area (TPSA) is 59.3 Å². The van der Waals surface area contributed by atoms with Crippen LogP contribution < -0.4 is 4.90 Å². The molecule has 5 nitrogen and oxygen atoms in total. The summed E-state index contributed by atoms with van der Waals surface area (Å²) in [5.41, 5.74) is 3.08. The normalized spacial score (nSPS) is 14.0. The first-order valence-electron chi connectivity index (χ1n) is 8.28. The van der Waals surface area contributed by atoms with Gasteiger partial charge in [-0.15, -0.1) is 0 Å². The van der Waals surface area contributed by atoms with Crippen LogP contribution in [-0.2, 0) is 0 Å². The van der Waals surface area contributed by atoms with Crippen LogP contribution in [-0.4, -0.2) is 23.0 Å². The summed E-state index contributed by atoms with van der Waals surface area (Å²) in [4.78, 5) is 18.8. The second kappa shape index (κ2) is 6.64. The molecule has 1 aliphatic heterocycles. The summed E-state index contributed by atoms with van der Waals surface area (Å²) in [5, 5.41) is 11.9. The maximum atomic E-state index is 10.9. The number of nitrogens with zero attached hydrogens (tertiary/aromatic N) is 3. The summed E-state index contributed by atoms with van der Waals surface area (Å²) < 4.78 is 0. The Kier molecular flexibility index (Phi) is 4.19. The standard InChI is InChI=1S/C19H17N3O2S/c23-22(24)16-10-8-15(9-11-16)18-17(14-6-2-1-3-7-14)20-19(25-18)21-12-4-5-13-21/h1-3,6-11H,4-5,12-13H2. The molecule has 1 saturated heterocycles. The minimum Gasteiger partial charge on any atom is -0.348 e. The van der Waals surface area contributed by atoms with E-state index < -0.39 is 0 Å². The lowest BCUT2D eigenvalue weighted by Gasteiger charge is -2.12. The van der Waals surface area contributed by atoms with E-state index in [0.717, 1.165) is 39.9 Å². The molecule has 0 bridgehead atoms. The van der Waals surface area contributed by atoms with Gasteiger partial charge in [0.05, 0.1) is 15.5 Å². The van der Waals surface area contributed by atoms with Crippen molar-refractivity contribution in [3.63, 3.8) is 0 Å². The lowest BCUT2D eigenvalue weighted by atomic mass is 10.1. The fraction of sp³-hybridized carbons (Fsp3) is 0.211. The highest BCUT2D eigenvalue weighted by atomic mass is 32.1. The number of rotatable bonds is 4. The molecule has 3 aromatic rings. The van der Waals surface area contributed by atoms with Crippen LogP contribution >= 0.6 is 11.3 Å². The van der Waals surface area contributed by atoms with E-state index in [1.165, 1.54) is 12.8 Å². The Labute approximate surface area is 149 Å². The van der Waals surface area contributed by atoms with Gasteiger partial charge in [0, 0.05) is 30.8 Å². The lowest BCUT2D eigenvalue weighted by molar-refractivity contribution is -0.384. The summed E-state index contributed by atoms with van der Waals surface area (Å²) in [6.07, 6.45) is 2.40. The molecule has 0 radical (unpaired) electrons. The highest BCUT2D eigenvalue weighted by Crippen LogP contribution is 2.41. The molecule has 1 aromatic heterocycles. The molecular weight excluding hydrogens is 334 g/mol. The summed E-state index contributed by atoms with van der Waals surface area (Å²) in [5.74, 6) is 0. The molecule has 0 atom stereocenters. The van der Waals surface area contributed by atoms with Crippen molar-refractivity contribution in [2.75, 3.05) is 18.0 Å². The molecule has 6 heteroatoms. The molecule has 0 saturated carbocycles. The van der Waals surface area contributed by atoms with E-state index >= 15 is 0 Å². The van der Waals surface area contributed by atoms with Gasteiger partial charge in [0.1, 0.15) is 0 Å². The summed E-state index contributed by atoms with van der Waals surface area (Å²) >= 11 is 1.66. The van der Waals surface area contributed by atoms with Gasteiger partial charge < -0.3 is 4.90 Å². The van der Waals surface area contributed by atoms with Crippen LogP contribution in [0.1, 0.15) is 12.8 Å². The van der Waals surface area contributed by atoms with Crippen molar-refractivity contribution in [1.29, 1.82) is 0 Å². The van der Waals surface area contributed by atoms with E-state index in [9.17, 15) is 10.1 Å². The molecule has 0 aliphatic carbocycles. The number of nitro benzene ring substituents is 1. The first-order valence-corrected chi connectivity index (χ1v) is 9.10. The number of hydrogen-bond acceptors (Lipinski definition) is 5. The number of thiazole rings is 1. The quantitative estimate of drug-likeness (QED) is 0.491. The second-order valence-corrected chi connectivity index (χ2v) is 7.02. The zero-order valence-corrected chi connectivity index (χ0v) is 14.4. The van der Waals surface area contributed by atoms with Crippen molar-refractivity contribution < 1.29 is 4.92 Å². The lowest BCUT2D eigenvalue weighted by Crippen LogP contribution is -2.17. The van der Waals surface area contributed by atoms with Gasteiger partial charge in [0.25, 0.3) is 5.69 Å². The zero-order valence-electron chi connectivity index (χ0n) is 13.6. The predicted molar refractivity (Wildman–Crippen MR) is 101 cm³/mol. The Balaban J connectivity index is 1.80. The summed E-state index contributed by atoms with van der Waals surface area (Å²) in [6.45, 7) is 2.09. The van der Waals surface area contributed by atoms with Crippen molar-refractivity contribution in [3.05, 3.63) is 64.7 Å². The minimum absolute atomic E-state index is 0.106. The summed E-state index contributed by atoms with van der Waals surface area (Å²) in [7, 11) is 0. The number of nitro groups is 1. The van der Waals surface area contributed by atoms with E-state index in [4.69, 9.17) is 4.98 Å². The van der Waals surface area contributed by atoms with E-state index in [2.05, 4.69) is 17.0 Å². The molecule has 4 rings (SSSR count). The zero-order chi connectivity index (χ0) is 17.2. The maximum Gasteiger partial charge on any atom is 0.269 e. The Morgan fingerprint density at radius 1 is 0.960 bits per heavy atom. The van der Waals surface area contributed by atoms with Gasteiger partial charge in [-0.1, -0.05) is 41.7 Å². The predicted octanol–water partition coefficient (Wildman–Crippen LogP) is 4.99. The molecule has 126 valence electrons. The molecule has 0 spiro atoms. The van der Waals surface area contributed by atoms with Crippen molar-refractivity contribution >= 4 is 22.2 Å². The highest BCUT2D eigenvalue weighted by Gasteiger charge is 2.21. The van der Waals surface area contributed by atoms with Crippen LogP contribution in [0, 0.1) is 10.1 Å². The van der Waals surface area contributed by atoms with Crippen LogP contribution in [0.5, 0.6) is 0 Å². The molecule has 0 unspecified atom stereocenters.